The van der Waals surface area contributed by atoms with Crippen LogP contribution in [0.25, 0.3) is 0 Å². The molecular formula is C28H30F4N8O3. The molecule has 2 aromatic carbocycles. The zero-order chi connectivity index (χ0) is 31.0. The molecule has 0 unspecified atom stereocenters. The normalized spacial score (nSPS) is 11.4. The molecule has 11 nitrogen and oxygen atoms in total. The lowest BCUT2D eigenvalue weighted by Crippen LogP contribution is -2.24. The van der Waals surface area contributed by atoms with Crippen LogP contribution in [0.4, 0.5) is 23.4 Å². The minimum atomic E-state index is -3.43. The summed E-state index contributed by atoms with van der Waals surface area (Å²) in [4.78, 5) is 24.8. The van der Waals surface area contributed by atoms with Crippen molar-refractivity contribution in [3.05, 3.63) is 82.8 Å². The van der Waals surface area contributed by atoms with Crippen molar-refractivity contribution < 1.29 is 31.9 Å². The summed E-state index contributed by atoms with van der Waals surface area (Å²) in [5.41, 5.74) is 1.23. The molecule has 4 aromatic rings. The van der Waals surface area contributed by atoms with Crippen LogP contribution in [-0.4, -0.2) is 47.9 Å². The molecule has 0 radical (unpaired) electrons. The van der Waals surface area contributed by atoms with Crippen LogP contribution in [0.1, 0.15) is 53.9 Å². The first-order valence-corrected chi connectivity index (χ1v) is 13.5. The summed E-state index contributed by atoms with van der Waals surface area (Å²) >= 11 is 0. The third kappa shape index (κ3) is 9.34. The Labute approximate surface area is 244 Å². The highest BCUT2D eigenvalue weighted by Gasteiger charge is 2.23. The number of anilines is 1. The molecular weight excluding hydrogens is 572 g/mol. The molecule has 228 valence electrons. The van der Waals surface area contributed by atoms with E-state index >= 15 is 0 Å². The summed E-state index contributed by atoms with van der Waals surface area (Å²) in [6.07, 6.45) is 1.51. The number of nitrogens with zero attached hydrogens (tertiary/aromatic N) is 6. The SMILES string of the molecule is CCc1ccc(F)c(CC(=O)Nc2cn(CCCCn3cc(C(=O)NCc4cc(OC(C)(F)F)ccc4F)nn3)nn2)c1. The first-order chi connectivity index (χ1) is 20.5. The molecule has 0 aliphatic carbocycles. The fourth-order valence-corrected chi connectivity index (χ4v) is 4.09. The molecule has 43 heavy (non-hydrogen) atoms. The molecule has 0 fully saturated rings. The van der Waals surface area contributed by atoms with Gasteiger partial charge in [0, 0.05) is 32.1 Å². The van der Waals surface area contributed by atoms with Gasteiger partial charge >= 0.3 is 6.11 Å². The second kappa shape index (κ2) is 13.9. The number of unbranched alkanes of at least 4 members (excludes halogenated alkanes) is 1. The van der Waals surface area contributed by atoms with Gasteiger partial charge in [-0.1, -0.05) is 29.5 Å². The minimum Gasteiger partial charge on any atom is -0.433 e. The molecule has 0 atom stereocenters. The molecule has 0 bridgehead atoms. The first kappa shape index (κ1) is 31.1. The van der Waals surface area contributed by atoms with Crippen molar-refractivity contribution in [2.45, 2.75) is 65.3 Å². The van der Waals surface area contributed by atoms with Crippen LogP contribution in [0.15, 0.2) is 48.8 Å². The predicted molar refractivity (Wildman–Crippen MR) is 146 cm³/mol. The van der Waals surface area contributed by atoms with Gasteiger partial charge in [-0.3, -0.25) is 19.0 Å². The largest absolute Gasteiger partial charge is 0.433 e. The molecule has 15 heteroatoms. The third-order valence-electron chi connectivity index (χ3n) is 6.22. The number of halogens is 4. The van der Waals surface area contributed by atoms with Gasteiger partial charge in [0.2, 0.25) is 5.91 Å². The molecule has 2 aromatic heterocycles. The minimum absolute atomic E-state index is 0.00543. The van der Waals surface area contributed by atoms with Gasteiger partial charge in [0.15, 0.2) is 11.5 Å². The molecule has 2 amide bonds. The van der Waals surface area contributed by atoms with Gasteiger partial charge in [-0.15, -0.1) is 10.2 Å². The van der Waals surface area contributed by atoms with E-state index in [0.29, 0.717) is 38.4 Å². The second-order valence-electron chi connectivity index (χ2n) is 9.79. The van der Waals surface area contributed by atoms with E-state index in [1.165, 1.54) is 16.9 Å². The Bertz CT molecular complexity index is 1570. The van der Waals surface area contributed by atoms with Crippen molar-refractivity contribution in [3.8, 4) is 5.75 Å². The van der Waals surface area contributed by atoms with Crippen molar-refractivity contribution >= 4 is 17.6 Å². The van der Waals surface area contributed by atoms with Crippen LogP contribution in [-0.2, 0) is 37.3 Å². The smallest absolute Gasteiger partial charge is 0.394 e. The molecule has 0 saturated heterocycles. The van der Waals surface area contributed by atoms with E-state index < -0.39 is 29.6 Å². The Hall–Kier alpha value is -4.82. The number of hydrogen-bond donors (Lipinski definition) is 2. The molecule has 4 rings (SSSR count). The number of rotatable bonds is 14. The van der Waals surface area contributed by atoms with E-state index in [-0.39, 0.29) is 35.8 Å². The molecule has 0 saturated carbocycles. The number of nitrogens with one attached hydrogen (secondary N) is 2. The van der Waals surface area contributed by atoms with Crippen LogP contribution in [0.3, 0.4) is 0 Å². The van der Waals surface area contributed by atoms with Crippen LogP contribution >= 0.6 is 0 Å². The molecule has 0 spiro atoms. The van der Waals surface area contributed by atoms with Gasteiger partial charge in [-0.2, -0.15) is 8.78 Å². The number of benzene rings is 2. The van der Waals surface area contributed by atoms with Gasteiger partial charge in [-0.05, 0) is 54.7 Å². The lowest BCUT2D eigenvalue weighted by Gasteiger charge is -2.14. The topological polar surface area (TPSA) is 129 Å². The number of amides is 2. The quantitative estimate of drug-likeness (QED) is 0.163. The zero-order valence-electron chi connectivity index (χ0n) is 23.5. The maximum atomic E-state index is 14.1. The van der Waals surface area contributed by atoms with Gasteiger partial charge < -0.3 is 15.4 Å². The van der Waals surface area contributed by atoms with Gasteiger partial charge in [0.1, 0.15) is 17.4 Å². The van der Waals surface area contributed by atoms with E-state index in [1.807, 2.05) is 6.92 Å². The van der Waals surface area contributed by atoms with Crippen LogP contribution < -0.4 is 15.4 Å². The Kier molecular flexibility index (Phi) is 10.1. The van der Waals surface area contributed by atoms with Crippen LogP contribution in [0.5, 0.6) is 5.75 Å². The van der Waals surface area contributed by atoms with E-state index in [9.17, 15) is 27.2 Å². The maximum absolute atomic E-state index is 14.1. The van der Waals surface area contributed by atoms with Crippen molar-refractivity contribution in [1.82, 2.24) is 35.3 Å². The highest BCUT2D eigenvalue weighted by molar-refractivity contribution is 5.92. The Morgan fingerprint density at radius 2 is 1.60 bits per heavy atom. The molecule has 0 aliphatic rings. The number of carbonyl (C=O) groups excluding carboxylic acids is 2. The fraction of sp³-hybridized carbons (Fsp3) is 0.357. The average Bonchev–Trinajstić information content (AvgIpc) is 3.61. The maximum Gasteiger partial charge on any atom is 0.394 e. The monoisotopic (exact) mass is 602 g/mol. The molecule has 2 N–H and O–H groups in total. The van der Waals surface area contributed by atoms with E-state index in [1.54, 1.807) is 23.0 Å². The van der Waals surface area contributed by atoms with Gasteiger partial charge in [0.05, 0.1) is 18.8 Å². The van der Waals surface area contributed by atoms with Crippen molar-refractivity contribution in [1.29, 1.82) is 0 Å². The summed E-state index contributed by atoms with van der Waals surface area (Å²) < 4.78 is 61.7. The summed E-state index contributed by atoms with van der Waals surface area (Å²) in [6, 6.07) is 7.85. The van der Waals surface area contributed by atoms with Gasteiger partial charge in [0.25, 0.3) is 5.91 Å². The number of aromatic nitrogens is 6. The standard InChI is InChI=1S/C28H30F4N8O3/c1-3-18-6-8-22(29)19(12-18)14-26(41)34-25-17-40(38-36-25)11-5-4-10-39-16-24(35-37-39)27(42)33-15-20-13-21(7-9-23(20)30)43-28(2,31)32/h6-9,12-13,16-17H,3-5,10-11,14-15H2,1-2H3,(H,33,42)(H,34,41). The van der Waals surface area contributed by atoms with E-state index in [2.05, 4.69) is 36.0 Å². The Balaban J connectivity index is 1.19. The van der Waals surface area contributed by atoms with Crippen molar-refractivity contribution in [3.63, 3.8) is 0 Å². The van der Waals surface area contributed by atoms with Crippen molar-refractivity contribution in [2.24, 2.45) is 0 Å². The van der Waals surface area contributed by atoms with Crippen LogP contribution in [0.2, 0.25) is 0 Å². The van der Waals surface area contributed by atoms with Gasteiger partial charge in [-0.25, -0.2) is 8.78 Å². The fourth-order valence-electron chi connectivity index (χ4n) is 4.09. The summed E-state index contributed by atoms with van der Waals surface area (Å²) in [6.45, 7) is 3.18. The average molecular weight is 603 g/mol. The number of hydrogen-bond acceptors (Lipinski definition) is 7. The Morgan fingerprint density at radius 1 is 0.930 bits per heavy atom. The summed E-state index contributed by atoms with van der Waals surface area (Å²) in [7, 11) is 0. The number of ether oxygens (including phenoxy) is 1. The number of carbonyl (C=O) groups is 2. The zero-order valence-corrected chi connectivity index (χ0v) is 23.5. The highest BCUT2D eigenvalue weighted by atomic mass is 19.3. The van der Waals surface area contributed by atoms with E-state index in [4.69, 9.17) is 0 Å². The van der Waals surface area contributed by atoms with Crippen LogP contribution in [0, 0.1) is 11.6 Å². The second-order valence-corrected chi connectivity index (χ2v) is 9.79. The highest BCUT2D eigenvalue weighted by Crippen LogP contribution is 2.23. The Morgan fingerprint density at radius 3 is 2.33 bits per heavy atom. The predicted octanol–water partition coefficient (Wildman–Crippen LogP) is 4.29. The molecule has 0 aliphatic heterocycles. The summed E-state index contributed by atoms with van der Waals surface area (Å²) in [5, 5.41) is 20.8. The number of aryl methyl sites for hydroxylation is 3. The lowest BCUT2D eigenvalue weighted by molar-refractivity contribution is -0.159. The third-order valence-corrected chi connectivity index (χ3v) is 6.22. The van der Waals surface area contributed by atoms with E-state index in [0.717, 1.165) is 30.2 Å². The number of alkyl halides is 2. The molecule has 2 heterocycles. The van der Waals surface area contributed by atoms with Crippen molar-refractivity contribution in [2.75, 3.05) is 5.32 Å². The lowest BCUT2D eigenvalue weighted by atomic mass is 10.1. The first-order valence-electron chi connectivity index (χ1n) is 13.5. The summed E-state index contributed by atoms with van der Waals surface area (Å²) in [5.74, 6) is -2.12.